The van der Waals surface area contributed by atoms with Gasteiger partial charge in [0.1, 0.15) is 17.5 Å². The van der Waals surface area contributed by atoms with Gasteiger partial charge < -0.3 is 33.9 Å². The van der Waals surface area contributed by atoms with Gasteiger partial charge in [-0.05, 0) is 64.2 Å². The van der Waals surface area contributed by atoms with E-state index in [0.717, 1.165) is 38.2 Å². The van der Waals surface area contributed by atoms with Gasteiger partial charge in [0, 0.05) is 26.2 Å². The van der Waals surface area contributed by atoms with Gasteiger partial charge >= 0.3 is 23.9 Å². The van der Waals surface area contributed by atoms with Crippen molar-refractivity contribution in [2.45, 2.75) is 154 Å². The molecule has 2 fully saturated rings. The molecule has 1 saturated heterocycles. The van der Waals surface area contributed by atoms with E-state index in [4.69, 9.17) is 23.7 Å². The summed E-state index contributed by atoms with van der Waals surface area (Å²) >= 11 is 0. The largest absolute Gasteiger partial charge is 0.483 e. The van der Waals surface area contributed by atoms with Crippen LogP contribution in [0.2, 0.25) is 0 Å². The fourth-order valence-corrected chi connectivity index (χ4v) is 6.98. The van der Waals surface area contributed by atoms with Crippen LogP contribution in [0.5, 0.6) is 0 Å². The molecule has 0 spiro atoms. The van der Waals surface area contributed by atoms with Crippen molar-refractivity contribution in [2.24, 2.45) is 5.92 Å². The Labute approximate surface area is 272 Å². The van der Waals surface area contributed by atoms with Gasteiger partial charge in [-0.25, -0.2) is 4.79 Å². The molecule has 258 valence electrons. The summed E-state index contributed by atoms with van der Waals surface area (Å²) in [7, 11) is 0. The van der Waals surface area contributed by atoms with Crippen molar-refractivity contribution < 1.29 is 53.1 Å². The highest BCUT2D eigenvalue weighted by atomic mass is 16.6. The zero-order valence-electron chi connectivity index (χ0n) is 28.6. The highest BCUT2D eigenvalue weighted by Crippen LogP contribution is 2.57. The van der Waals surface area contributed by atoms with Crippen molar-refractivity contribution in [3.05, 3.63) is 35.1 Å². The molecule has 0 aromatic heterocycles. The Morgan fingerprint density at radius 1 is 0.978 bits per heavy atom. The summed E-state index contributed by atoms with van der Waals surface area (Å²) in [5.41, 5.74) is -5.21. The average molecular weight is 649 g/mol. The van der Waals surface area contributed by atoms with Crippen LogP contribution in [0.1, 0.15) is 113 Å². The third-order valence-corrected chi connectivity index (χ3v) is 9.67. The van der Waals surface area contributed by atoms with E-state index in [2.05, 4.69) is 13.5 Å². The second kappa shape index (κ2) is 14.7. The highest BCUT2D eigenvalue weighted by Gasteiger charge is 2.76. The summed E-state index contributed by atoms with van der Waals surface area (Å²) in [5.74, 6) is -3.70. The Balaban J connectivity index is 2.23. The molecule has 11 nitrogen and oxygen atoms in total. The average Bonchev–Trinajstić information content (AvgIpc) is 3.30. The third kappa shape index (κ3) is 7.05. The van der Waals surface area contributed by atoms with E-state index in [1.54, 1.807) is 20.8 Å². The van der Waals surface area contributed by atoms with Crippen LogP contribution in [0.4, 0.5) is 0 Å². The molecule has 1 saturated carbocycles. The van der Waals surface area contributed by atoms with E-state index in [9.17, 15) is 29.4 Å². The number of ether oxygens (including phenoxy) is 5. The standard InChI is InChI=1S/C35H52O11/c1-10-13-14-15-16-18-26(38)44-30-28-27(21(5)29(30)42-22(6)20(4)12-3)31-35(41,34(9,40)32(39)45-31)24(43-25(37)17-11-2)19-33(28,8)46-23(7)36/h12,24,28-31,40-41H,6,10-11,13-19H2,1-5,7-9H3/b20-12+. The normalized spacial score (nSPS) is 33.8. The lowest BCUT2D eigenvalue weighted by atomic mass is 9.75. The SMILES string of the molecule is C=C(OC1C(C)=C2C(C1OC(=O)CCCCCCC)C(C)(OC(C)=O)CC(OC(=O)CCC)C1(O)C2OC(=O)C1(C)O)/C(C)=C/C. The molecule has 1 heterocycles. The Bertz CT molecular complexity index is 1260. The quantitative estimate of drug-likeness (QED) is 0.0659. The molecule has 0 amide bonds. The molecule has 1 aliphatic heterocycles. The molecule has 11 heteroatoms. The summed E-state index contributed by atoms with van der Waals surface area (Å²) in [5, 5.41) is 23.9. The van der Waals surface area contributed by atoms with Gasteiger partial charge in [-0.3, -0.25) is 14.4 Å². The molecule has 46 heavy (non-hydrogen) atoms. The Kier molecular flexibility index (Phi) is 11.9. The van der Waals surface area contributed by atoms with Gasteiger partial charge in [-0.2, -0.15) is 0 Å². The van der Waals surface area contributed by atoms with Crippen molar-refractivity contribution in [1.82, 2.24) is 0 Å². The molecular formula is C35H52O11. The molecule has 2 aliphatic carbocycles. The summed E-state index contributed by atoms with van der Waals surface area (Å²) in [4.78, 5) is 52.1. The van der Waals surface area contributed by atoms with Gasteiger partial charge in [0.15, 0.2) is 29.5 Å². The lowest BCUT2D eigenvalue weighted by Gasteiger charge is -2.42. The van der Waals surface area contributed by atoms with Crippen LogP contribution in [0.15, 0.2) is 35.1 Å². The molecular weight excluding hydrogens is 596 g/mol. The maximum atomic E-state index is 13.4. The van der Waals surface area contributed by atoms with Crippen molar-refractivity contribution in [3.63, 3.8) is 0 Å². The highest BCUT2D eigenvalue weighted by molar-refractivity contribution is 5.85. The smallest absolute Gasteiger partial charge is 0.341 e. The second-order valence-corrected chi connectivity index (χ2v) is 13.2. The maximum Gasteiger partial charge on any atom is 0.341 e. The number of carbonyl (C=O) groups is 4. The molecule has 2 N–H and O–H groups in total. The molecule has 3 rings (SSSR count). The number of hydrogen-bond donors (Lipinski definition) is 2. The van der Waals surface area contributed by atoms with Crippen molar-refractivity contribution in [2.75, 3.05) is 0 Å². The molecule has 0 aromatic carbocycles. The number of esters is 4. The van der Waals surface area contributed by atoms with Gasteiger partial charge in [0.25, 0.3) is 0 Å². The van der Waals surface area contributed by atoms with E-state index in [1.807, 2.05) is 19.9 Å². The summed E-state index contributed by atoms with van der Waals surface area (Å²) in [6.07, 6.45) is 1.41. The van der Waals surface area contributed by atoms with Crippen LogP contribution < -0.4 is 0 Å². The van der Waals surface area contributed by atoms with E-state index in [-0.39, 0.29) is 24.8 Å². The lowest BCUT2D eigenvalue weighted by molar-refractivity contribution is -0.211. The molecule has 8 atom stereocenters. The first-order valence-corrected chi connectivity index (χ1v) is 16.4. The third-order valence-electron chi connectivity index (χ3n) is 9.67. The van der Waals surface area contributed by atoms with Crippen molar-refractivity contribution in [3.8, 4) is 0 Å². The number of allylic oxidation sites excluding steroid dienone is 2. The summed E-state index contributed by atoms with van der Waals surface area (Å²) < 4.78 is 30.0. The molecule has 0 radical (unpaired) electrons. The maximum absolute atomic E-state index is 13.4. The van der Waals surface area contributed by atoms with Crippen LogP contribution in [-0.4, -0.2) is 75.3 Å². The monoisotopic (exact) mass is 648 g/mol. The molecule has 8 unspecified atom stereocenters. The van der Waals surface area contributed by atoms with Gasteiger partial charge in [0.2, 0.25) is 0 Å². The van der Waals surface area contributed by atoms with E-state index in [1.165, 1.54) is 6.92 Å². The minimum absolute atomic E-state index is 0.00441. The van der Waals surface area contributed by atoms with Crippen LogP contribution >= 0.6 is 0 Å². The number of carbonyl (C=O) groups excluding carboxylic acids is 4. The zero-order valence-corrected chi connectivity index (χ0v) is 28.6. The number of fused-ring (bicyclic) bond motifs is 3. The second-order valence-electron chi connectivity index (χ2n) is 13.2. The predicted octanol–water partition coefficient (Wildman–Crippen LogP) is 4.92. The Hall–Kier alpha value is -3.18. The molecule has 0 bridgehead atoms. The predicted molar refractivity (Wildman–Crippen MR) is 168 cm³/mol. The van der Waals surface area contributed by atoms with E-state index >= 15 is 0 Å². The Morgan fingerprint density at radius 2 is 1.61 bits per heavy atom. The summed E-state index contributed by atoms with van der Waals surface area (Å²) in [6, 6.07) is 0. The zero-order chi connectivity index (χ0) is 34.6. The number of aliphatic hydroxyl groups is 2. The van der Waals surface area contributed by atoms with Crippen LogP contribution in [0.3, 0.4) is 0 Å². The van der Waals surface area contributed by atoms with Crippen molar-refractivity contribution in [1.29, 1.82) is 0 Å². The van der Waals surface area contributed by atoms with E-state index < -0.39 is 71.0 Å². The lowest BCUT2D eigenvalue weighted by Crippen LogP contribution is -2.64. The van der Waals surface area contributed by atoms with Crippen LogP contribution in [-0.2, 0) is 42.9 Å². The minimum Gasteiger partial charge on any atom is -0.483 e. The van der Waals surface area contributed by atoms with Gasteiger partial charge in [0.05, 0.1) is 5.92 Å². The first-order valence-electron chi connectivity index (χ1n) is 16.4. The number of hydrogen-bond acceptors (Lipinski definition) is 11. The Morgan fingerprint density at radius 3 is 2.20 bits per heavy atom. The fourth-order valence-electron chi connectivity index (χ4n) is 6.98. The van der Waals surface area contributed by atoms with Crippen LogP contribution in [0, 0.1) is 5.92 Å². The molecule has 0 aromatic rings. The number of unbranched alkanes of at least 4 members (excludes halogenated alkanes) is 4. The molecule has 3 aliphatic rings. The van der Waals surface area contributed by atoms with Gasteiger partial charge in [-0.15, -0.1) is 0 Å². The van der Waals surface area contributed by atoms with Gasteiger partial charge in [-0.1, -0.05) is 52.2 Å². The fraction of sp³-hybridized carbons (Fsp3) is 0.714. The topological polar surface area (TPSA) is 155 Å². The van der Waals surface area contributed by atoms with Crippen LogP contribution in [0.25, 0.3) is 0 Å². The minimum atomic E-state index is -2.52. The van der Waals surface area contributed by atoms with Crippen molar-refractivity contribution >= 4 is 23.9 Å². The van der Waals surface area contributed by atoms with E-state index in [0.29, 0.717) is 24.2 Å². The number of rotatable bonds is 14. The first-order chi connectivity index (χ1) is 21.5. The summed E-state index contributed by atoms with van der Waals surface area (Å²) in [6.45, 7) is 17.1. The first kappa shape index (κ1) is 37.3.